The van der Waals surface area contributed by atoms with Crippen LogP contribution in [0.15, 0.2) is 52.3 Å². The number of hydrogen-bond donors (Lipinski definition) is 0. The van der Waals surface area contributed by atoms with Crippen molar-refractivity contribution in [3.8, 4) is 0 Å². The van der Waals surface area contributed by atoms with E-state index in [0.29, 0.717) is 18.7 Å². The van der Waals surface area contributed by atoms with Gasteiger partial charge in [0.1, 0.15) is 10.7 Å². The largest absolute Gasteiger partial charge is 0.267 e. The van der Waals surface area contributed by atoms with Gasteiger partial charge in [0, 0.05) is 16.5 Å². The lowest BCUT2D eigenvalue weighted by Crippen LogP contribution is -2.32. The fraction of sp³-hybridized carbons (Fsp3) is 0.200. The summed E-state index contributed by atoms with van der Waals surface area (Å²) in [5, 5.41) is 0.170. The number of hydrogen-bond acceptors (Lipinski definition) is 3. The van der Waals surface area contributed by atoms with Crippen LogP contribution in [0.1, 0.15) is 6.42 Å². The average molecular weight is 358 g/mol. The predicted molar refractivity (Wildman–Crippen MR) is 87.7 cm³/mol. The van der Waals surface area contributed by atoms with E-state index in [-0.39, 0.29) is 9.92 Å². The summed E-state index contributed by atoms with van der Waals surface area (Å²) in [7, 11) is -3.96. The predicted octanol–water partition coefficient (Wildman–Crippen LogP) is 4.17. The monoisotopic (exact) mass is 357 g/mol. The summed E-state index contributed by atoms with van der Waals surface area (Å²) in [5.41, 5.74) is 0.597. The van der Waals surface area contributed by atoms with Gasteiger partial charge in [-0.25, -0.2) is 12.8 Å². The van der Waals surface area contributed by atoms with Gasteiger partial charge < -0.3 is 0 Å². The van der Waals surface area contributed by atoms with Crippen molar-refractivity contribution >= 4 is 39.1 Å². The number of anilines is 1. The van der Waals surface area contributed by atoms with Crippen LogP contribution < -0.4 is 4.31 Å². The Labute approximate surface area is 138 Å². The summed E-state index contributed by atoms with van der Waals surface area (Å²) in [6.45, 7) is 0.328. The summed E-state index contributed by atoms with van der Waals surface area (Å²) in [6.07, 6.45) is 0.702. The zero-order chi connectivity index (χ0) is 15.7. The summed E-state index contributed by atoms with van der Waals surface area (Å²) < 4.78 is 41.1. The quantitative estimate of drug-likeness (QED) is 0.809. The minimum atomic E-state index is -3.96. The molecule has 0 amide bonds. The van der Waals surface area contributed by atoms with Crippen molar-refractivity contribution in [2.24, 2.45) is 0 Å². The number of sulfonamides is 1. The summed E-state index contributed by atoms with van der Waals surface area (Å²) in [6, 6.07) is 10.9. The van der Waals surface area contributed by atoms with E-state index in [2.05, 4.69) is 0 Å². The second-order valence-electron chi connectivity index (χ2n) is 4.82. The molecule has 0 fully saturated rings. The van der Waals surface area contributed by atoms with E-state index in [9.17, 15) is 12.8 Å². The number of thioether (sulfide) groups is 1. The van der Waals surface area contributed by atoms with Gasteiger partial charge in [-0.05, 0) is 42.5 Å². The summed E-state index contributed by atoms with van der Waals surface area (Å²) in [4.78, 5) is 0.538. The van der Waals surface area contributed by atoms with E-state index in [1.165, 1.54) is 16.4 Å². The zero-order valence-corrected chi connectivity index (χ0v) is 13.9. The van der Waals surface area contributed by atoms with Crippen LogP contribution in [-0.2, 0) is 10.0 Å². The molecule has 1 aliphatic heterocycles. The lowest BCUT2D eigenvalue weighted by Gasteiger charge is -2.24. The molecule has 0 N–H and O–H groups in total. The Hall–Kier alpha value is -1.24. The molecule has 0 unspecified atom stereocenters. The summed E-state index contributed by atoms with van der Waals surface area (Å²) in [5.74, 6) is -0.00606. The molecule has 0 spiro atoms. The average Bonchev–Trinajstić information content (AvgIpc) is 2.69. The topological polar surface area (TPSA) is 37.4 Å². The molecule has 22 heavy (non-hydrogen) atoms. The van der Waals surface area contributed by atoms with Crippen LogP contribution in [0.25, 0.3) is 0 Å². The van der Waals surface area contributed by atoms with Crippen LogP contribution in [0.3, 0.4) is 0 Å². The number of benzene rings is 2. The standard InChI is InChI=1S/C15H13ClFNO2S2/c16-11-6-7-15(12(17)10-11)22(19,20)18-8-3-9-21-14-5-2-1-4-13(14)18/h1-2,4-7,10H,3,8-9H2. The molecule has 0 aliphatic carbocycles. The third-order valence-corrected chi connectivity index (χ3v) is 6.59. The first-order chi connectivity index (χ1) is 10.5. The Morgan fingerprint density at radius 3 is 2.73 bits per heavy atom. The molecule has 1 heterocycles. The molecule has 2 aromatic carbocycles. The summed E-state index contributed by atoms with van der Waals surface area (Å²) >= 11 is 7.32. The van der Waals surface area contributed by atoms with Crippen molar-refractivity contribution in [3.05, 3.63) is 53.3 Å². The molecule has 0 radical (unpaired) electrons. The highest BCUT2D eigenvalue weighted by Crippen LogP contribution is 2.37. The number of halogens is 2. The normalized spacial score (nSPS) is 15.3. The molecule has 3 rings (SSSR count). The van der Waals surface area contributed by atoms with E-state index < -0.39 is 15.8 Å². The highest BCUT2D eigenvalue weighted by molar-refractivity contribution is 7.99. The van der Waals surface area contributed by atoms with Gasteiger partial charge >= 0.3 is 0 Å². The van der Waals surface area contributed by atoms with Crippen molar-refractivity contribution in [1.29, 1.82) is 0 Å². The third-order valence-electron chi connectivity index (χ3n) is 3.36. The van der Waals surface area contributed by atoms with E-state index >= 15 is 0 Å². The van der Waals surface area contributed by atoms with Crippen LogP contribution in [0, 0.1) is 5.82 Å². The molecule has 0 saturated carbocycles. The molecule has 1 aliphatic rings. The fourth-order valence-corrected chi connectivity index (χ4v) is 5.13. The van der Waals surface area contributed by atoms with E-state index in [1.54, 1.807) is 23.9 Å². The van der Waals surface area contributed by atoms with E-state index in [1.807, 2.05) is 12.1 Å². The molecule has 0 atom stereocenters. The molecular weight excluding hydrogens is 345 g/mol. The third kappa shape index (κ3) is 2.83. The zero-order valence-electron chi connectivity index (χ0n) is 11.5. The minimum Gasteiger partial charge on any atom is -0.265 e. The molecular formula is C15H13ClFNO2S2. The highest BCUT2D eigenvalue weighted by Gasteiger charge is 2.30. The highest BCUT2D eigenvalue weighted by atomic mass is 35.5. The Bertz CT molecular complexity index is 811. The first kappa shape index (κ1) is 15.6. The van der Waals surface area contributed by atoms with Crippen LogP contribution in [-0.4, -0.2) is 20.7 Å². The van der Waals surface area contributed by atoms with Crippen LogP contribution in [0.5, 0.6) is 0 Å². The van der Waals surface area contributed by atoms with Crippen molar-refractivity contribution in [2.75, 3.05) is 16.6 Å². The van der Waals surface area contributed by atoms with Crippen molar-refractivity contribution in [2.45, 2.75) is 16.2 Å². The fourth-order valence-electron chi connectivity index (χ4n) is 2.35. The van der Waals surface area contributed by atoms with Gasteiger partial charge in [0.15, 0.2) is 0 Å². The van der Waals surface area contributed by atoms with Gasteiger partial charge in [0.25, 0.3) is 10.0 Å². The number of fused-ring (bicyclic) bond motifs is 1. The maximum Gasteiger partial charge on any atom is 0.267 e. The SMILES string of the molecule is O=S(=O)(c1ccc(Cl)cc1F)N1CCCSc2ccccc21. The van der Waals surface area contributed by atoms with Crippen LogP contribution in [0.4, 0.5) is 10.1 Å². The molecule has 0 saturated heterocycles. The molecule has 0 aromatic heterocycles. The maximum atomic E-state index is 14.1. The molecule has 116 valence electrons. The maximum absolute atomic E-state index is 14.1. The number of para-hydroxylation sites is 1. The minimum absolute atomic E-state index is 0.170. The van der Waals surface area contributed by atoms with Gasteiger partial charge in [-0.3, -0.25) is 4.31 Å². The second-order valence-corrected chi connectivity index (χ2v) is 8.23. The van der Waals surface area contributed by atoms with Crippen molar-refractivity contribution < 1.29 is 12.8 Å². The van der Waals surface area contributed by atoms with Crippen molar-refractivity contribution in [3.63, 3.8) is 0 Å². The molecule has 3 nitrogen and oxygen atoms in total. The lowest BCUT2D eigenvalue weighted by atomic mass is 10.3. The van der Waals surface area contributed by atoms with Crippen LogP contribution in [0.2, 0.25) is 5.02 Å². The Kier molecular flexibility index (Phi) is 4.34. The Balaban J connectivity index is 2.13. The van der Waals surface area contributed by atoms with E-state index in [0.717, 1.165) is 16.7 Å². The van der Waals surface area contributed by atoms with Gasteiger partial charge in [0.05, 0.1) is 5.69 Å². The van der Waals surface area contributed by atoms with Crippen molar-refractivity contribution in [1.82, 2.24) is 0 Å². The van der Waals surface area contributed by atoms with Gasteiger partial charge in [0.2, 0.25) is 0 Å². The van der Waals surface area contributed by atoms with E-state index in [4.69, 9.17) is 11.6 Å². The first-order valence-electron chi connectivity index (χ1n) is 6.70. The smallest absolute Gasteiger partial charge is 0.265 e. The molecule has 7 heteroatoms. The first-order valence-corrected chi connectivity index (χ1v) is 9.50. The van der Waals surface area contributed by atoms with Crippen LogP contribution >= 0.6 is 23.4 Å². The second kappa shape index (κ2) is 6.10. The Morgan fingerprint density at radius 1 is 1.18 bits per heavy atom. The molecule has 0 bridgehead atoms. The van der Waals surface area contributed by atoms with Gasteiger partial charge in [-0.15, -0.1) is 11.8 Å². The number of rotatable bonds is 2. The van der Waals surface area contributed by atoms with Gasteiger partial charge in [-0.1, -0.05) is 23.7 Å². The van der Waals surface area contributed by atoms with Gasteiger partial charge in [-0.2, -0.15) is 0 Å². The molecule has 2 aromatic rings. The number of nitrogens with zero attached hydrogens (tertiary/aromatic N) is 1. The Morgan fingerprint density at radius 2 is 1.95 bits per heavy atom. The lowest BCUT2D eigenvalue weighted by molar-refractivity contribution is 0.563.